The third kappa shape index (κ3) is 1.88. The normalized spacial score (nSPS) is 11.6. The van der Waals surface area contributed by atoms with Gasteiger partial charge in [0.1, 0.15) is 0 Å². The van der Waals surface area contributed by atoms with Crippen LogP contribution in [-0.4, -0.2) is 33.1 Å². The van der Waals surface area contributed by atoms with Crippen LogP contribution in [0.5, 0.6) is 0 Å². The number of esters is 1. The summed E-state index contributed by atoms with van der Waals surface area (Å²) >= 11 is 0. The first-order chi connectivity index (χ1) is 8.69. The van der Waals surface area contributed by atoms with E-state index in [2.05, 4.69) is 21.9 Å². The number of aromatic nitrogens is 4. The van der Waals surface area contributed by atoms with Crippen molar-refractivity contribution in [2.24, 2.45) is 0 Å². The first-order valence-electron chi connectivity index (χ1n) is 5.27. The van der Waals surface area contributed by atoms with Gasteiger partial charge < -0.3 is 4.74 Å². The first-order valence-corrected chi connectivity index (χ1v) is 5.27. The van der Waals surface area contributed by atoms with E-state index in [0.717, 1.165) is 5.70 Å². The highest BCUT2D eigenvalue weighted by Crippen LogP contribution is 2.19. The maximum Gasteiger partial charge on any atom is 0.359 e. The molecule has 0 aliphatic carbocycles. The summed E-state index contributed by atoms with van der Waals surface area (Å²) in [6, 6.07) is 1.68. The molecular weight excluding hydrogens is 232 g/mol. The average Bonchev–Trinajstić information content (AvgIpc) is 2.78. The van der Waals surface area contributed by atoms with Crippen molar-refractivity contribution in [1.29, 1.82) is 0 Å². The van der Waals surface area contributed by atoms with Gasteiger partial charge >= 0.3 is 5.97 Å². The number of carbonyl (C=O) groups excluding carboxylic acids is 1. The minimum absolute atomic E-state index is 0.221. The van der Waals surface area contributed by atoms with Crippen molar-refractivity contribution in [3.63, 3.8) is 0 Å². The lowest BCUT2D eigenvalue weighted by molar-refractivity contribution is 0.0595. The molecule has 2 rings (SSSR count). The quantitative estimate of drug-likeness (QED) is 0.606. The van der Waals surface area contributed by atoms with Crippen molar-refractivity contribution in [3.8, 4) is 0 Å². The summed E-state index contributed by atoms with van der Waals surface area (Å²) in [6.07, 6.45) is 4.91. The number of ether oxygens (including phenoxy) is 1. The summed E-state index contributed by atoms with van der Waals surface area (Å²) in [5, 5.41) is 12.6. The summed E-state index contributed by atoms with van der Waals surface area (Å²) in [6.45, 7) is 5.46. The van der Waals surface area contributed by atoms with E-state index in [-0.39, 0.29) is 5.69 Å². The number of rotatable bonds is 3. The summed E-state index contributed by atoms with van der Waals surface area (Å²) in [7, 11) is 1.31. The fourth-order valence-corrected chi connectivity index (χ4v) is 1.60. The molecule has 0 amide bonds. The summed E-state index contributed by atoms with van der Waals surface area (Å²) in [5.41, 5.74) is 1.51. The lowest BCUT2D eigenvalue weighted by Gasteiger charge is -1.99. The van der Waals surface area contributed by atoms with Gasteiger partial charge in [0, 0.05) is 5.70 Å². The van der Waals surface area contributed by atoms with Crippen molar-refractivity contribution in [3.05, 3.63) is 36.7 Å². The molecule has 6 heteroatoms. The van der Waals surface area contributed by atoms with Gasteiger partial charge in [-0.15, -0.1) is 5.10 Å². The van der Waals surface area contributed by atoms with Crippen LogP contribution in [0.3, 0.4) is 0 Å². The van der Waals surface area contributed by atoms with E-state index in [9.17, 15) is 4.79 Å². The highest BCUT2D eigenvalue weighted by Gasteiger charge is 2.19. The van der Waals surface area contributed by atoms with Crippen LogP contribution in [0.2, 0.25) is 0 Å². The van der Waals surface area contributed by atoms with Crippen molar-refractivity contribution >= 4 is 22.7 Å². The summed E-state index contributed by atoms with van der Waals surface area (Å²) in [4.78, 5) is 11.6. The topological polar surface area (TPSA) is 69.9 Å². The van der Waals surface area contributed by atoms with Gasteiger partial charge in [0.25, 0.3) is 0 Å². The molecule has 0 bridgehead atoms. The number of carbonyl (C=O) groups is 1. The Kier molecular flexibility index (Phi) is 3.18. The third-order valence-electron chi connectivity index (χ3n) is 2.43. The summed E-state index contributed by atoms with van der Waals surface area (Å²) < 4.78 is 6.23. The zero-order chi connectivity index (χ0) is 13.1. The minimum Gasteiger partial charge on any atom is -0.464 e. The molecule has 2 aromatic rings. The van der Waals surface area contributed by atoms with Crippen LogP contribution in [0.1, 0.15) is 17.4 Å². The Morgan fingerprint density at radius 2 is 2.33 bits per heavy atom. The van der Waals surface area contributed by atoms with Gasteiger partial charge in [0.05, 0.1) is 18.7 Å². The second-order valence-electron chi connectivity index (χ2n) is 3.56. The van der Waals surface area contributed by atoms with Crippen LogP contribution in [0.15, 0.2) is 31.0 Å². The highest BCUT2D eigenvalue weighted by molar-refractivity contribution is 6.01. The zero-order valence-electron chi connectivity index (χ0n) is 10.1. The Hall–Kier alpha value is -2.50. The van der Waals surface area contributed by atoms with Crippen molar-refractivity contribution in [1.82, 2.24) is 20.0 Å². The Labute approximate surface area is 104 Å². The number of hydrogen-bond donors (Lipinski definition) is 0. The second kappa shape index (κ2) is 4.79. The highest BCUT2D eigenvalue weighted by atomic mass is 16.5. The van der Waals surface area contributed by atoms with Crippen LogP contribution in [0.25, 0.3) is 16.7 Å². The number of nitrogens with zero attached hydrogens (tertiary/aromatic N) is 4. The van der Waals surface area contributed by atoms with Crippen LogP contribution < -0.4 is 0 Å². The van der Waals surface area contributed by atoms with E-state index in [4.69, 9.17) is 4.74 Å². The fraction of sp³-hybridized carbons (Fsp3) is 0.167. The molecule has 0 N–H and O–H groups in total. The van der Waals surface area contributed by atoms with Gasteiger partial charge in [-0.25, -0.2) is 9.48 Å². The van der Waals surface area contributed by atoms with Gasteiger partial charge in [-0.05, 0) is 19.1 Å². The molecular formula is C12H12N4O2. The fourth-order valence-electron chi connectivity index (χ4n) is 1.60. The van der Waals surface area contributed by atoms with Crippen LogP contribution in [0.4, 0.5) is 0 Å². The van der Waals surface area contributed by atoms with Crippen LogP contribution >= 0.6 is 0 Å². The summed E-state index contributed by atoms with van der Waals surface area (Å²) in [5.74, 6) is -0.502. The predicted octanol–water partition coefficient (Wildman–Crippen LogP) is 1.66. The molecule has 18 heavy (non-hydrogen) atoms. The minimum atomic E-state index is -0.502. The smallest absolute Gasteiger partial charge is 0.359 e. The van der Waals surface area contributed by atoms with E-state index in [1.165, 1.54) is 18.0 Å². The van der Waals surface area contributed by atoms with Crippen LogP contribution in [0, 0.1) is 0 Å². The van der Waals surface area contributed by atoms with Crippen molar-refractivity contribution in [2.75, 3.05) is 7.11 Å². The Bertz CT molecular complexity index is 643. The lowest BCUT2D eigenvalue weighted by atomic mass is 10.3. The molecule has 0 aliphatic heterocycles. The van der Waals surface area contributed by atoms with E-state index in [1.54, 1.807) is 18.2 Å². The molecule has 0 spiro atoms. The molecule has 0 saturated carbocycles. The van der Waals surface area contributed by atoms with E-state index in [1.807, 2.05) is 6.92 Å². The molecule has 0 unspecified atom stereocenters. The molecule has 2 heterocycles. The van der Waals surface area contributed by atoms with Crippen molar-refractivity contribution in [2.45, 2.75) is 6.92 Å². The monoisotopic (exact) mass is 244 g/mol. The molecule has 6 nitrogen and oxygen atoms in total. The third-order valence-corrected chi connectivity index (χ3v) is 2.43. The molecule has 0 aromatic carbocycles. The number of hydrogen-bond acceptors (Lipinski definition) is 5. The standard InChI is InChI=1S/C12H12N4O2/c1-4-5-8(2)16-11-9(6-7-13-14-11)10(15-16)12(17)18-3/h4-7H,1H2,2-3H3. The average molecular weight is 244 g/mol. The first kappa shape index (κ1) is 12.0. The molecule has 92 valence electrons. The lowest BCUT2D eigenvalue weighted by Crippen LogP contribution is -2.04. The maximum atomic E-state index is 11.6. The van der Waals surface area contributed by atoms with Gasteiger partial charge in [0.2, 0.25) is 0 Å². The zero-order valence-corrected chi connectivity index (χ0v) is 10.1. The molecule has 0 saturated heterocycles. The van der Waals surface area contributed by atoms with Crippen molar-refractivity contribution < 1.29 is 9.53 Å². The van der Waals surface area contributed by atoms with Gasteiger partial charge in [0.15, 0.2) is 11.3 Å². The van der Waals surface area contributed by atoms with Crippen LogP contribution in [-0.2, 0) is 4.74 Å². The largest absolute Gasteiger partial charge is 0.464 e. The number of fused-ring (bicyclic) bond motifs is 1. The second-order valence-corrected chi connectivity index (χ2v) is 3.56. The SMILES string of the molecule is C=CC=C(C)n1nc(C(=O)OC)c2ccnnc21. The number of methoxy groups -OCH3 is 1. The Balaban J connectivity index is 2.72. The van der Waals surface area contributed by atoms with E-state index >= 15 is 0 Å². The molecule has 0 radical (unpaired) electrons. The molecule has 2 aromatic heterocycles. The maximum absolute atomic E-state index is 11.6. The number of allylic oxidation sites excluding steroid dienone is 3. The van der Waals surface area contributed by atoms with Gasteiger partial charge in [-0.2, -0.15) is 10.2 Å². The Morgan fingerprint density at radius 1 is 1.56 bits per heavy atom. The Morgan fingerprint density at radius 3 is 3.00 bits per heavy atom. The molecule has 0 atom stereocenters. The van der Waals surface area contributed by atoms with E-state index < -0.39 is 5.97 Å². The van der Waals surface area contributed by atoms with Gasteiger partial charge in [-0.3, -0.25) is 0 Å². The predicted molar refractivity (Wildman–Crippen MR) is 66.8 cm³/mol. The van der Waals surface area contributed by atoms with E-state index in [0.29, 0.717) is 11.0 Å². The van der Waals surface area contributed by atoms with Gasteiger partial charge in [-0.1, -0.05) is 12.7 Å². The molecule has 0 aliphatic rings. The molecule has 0 fully saturated rings.